The summed E-state index contributed by atoms with van der Waals surface area (Å²) < 4.78 is 1.93. The highest BCUT2D eigenvalue weighted by atomic mass is 16.2. The molecule has 101 valence electrons. The summed E-state index contributed by atoms with van der Waals surface area (Å²) in [4.78, 5) is 18.2. The zero-order chi connectivity index (χ0) is 13.5. The van der Waals surface area contributed by atoms with Crippen LogP contribution in [0.4, 0.5) is 0 Å². The Kier molecular flexibility index (Phi) is 5.89. The third-order valence-electron chi connectivity index (χ3n) is 3.16. The van der Waals surface area contributed by atoms with Crippen molar-refractivity contribution in [3.8, 4) is 0 Å². The normalized spacial score (nSPS) is 10.7. The SMILES string of the molecule is CCCN(CCC)C(=O)CCn1[c]nc(C)c1C. The first-order valence-electron chi connectivity index (χ1n) is 6.79. The van der Waals surface area contributed by atoms with Crippen molar-refractivity contribution in [1.29, 1.82) is 0 Å². The van der Waals surface area contributed by atoms with Gasteiger partial charge in [-0.3, -0.25) is 4.79 Å². The Morgan fingerprint density at radius 1 is 1.28 bits per heavy atom. The molecular weight excluding hydrogens is 226 g/mol. The van der Waals surface area contributed by atoms with E-state index in [9.17, 15) is 4.79 Å². The summed E-state index contributed by atoms with van der Waals surface area (Å²) in [6.45, 7) is 10.6. The molecule has 0 aliphatic heterocycles. The average molecular weight is 250 g/mol. The van der Waals surface area contributed by atoms with E-state index >= 15 is 0 Å². The van der Waals surface area contributed by atoms with Crippen LogP contribution in [0, 0.1) is 20.2 Å². The fraction of sp³-hybridized carbons (Fsp3) is 0.714. The fourth-order valence-corrected chi connectivity index (χ4v) is 1.97. The van der Waals surface area contributed by atoms with Crippen LogP contribution in [0.1, 0.15) is 44.5 Å². The van der Waals surface area contributed by atoms with Gasteiger partial charge in [0.05, 0.1) is 5.69 Å². The number of nitrogens with zero attached hydrogens (tertiary/aromatic N) is 3. The lowest BCUT2D eigenvalue weighted by Crippen LogP contribution is -2.33. The minimum atomic E-state index is 0.234. The van der Waals surface area contributed by atoms with Gasteiger partial charge in [-0.15, -0.1) is 0 Å². The first-order chi connectivity index (χ1) is 8.60. The molecule has 4 heteroatoms. The summed E-state index contributed by atoms with van der Waals surface area (Å²) >= 11 is 0. The van der Waals surface area contributed by atoms with Gasteiger partial charge in [0.15, 0.2) is 6.33 Å². The van der Waals surface area contributed by atoms with Crippen LogP contribution in [-0.4, -0.2) is 33.4 Å². The number of amides is 1. The molecule has 0 bridgehead atoms. The van der Waals surface area contributed by atoms with Crippen LogP contribution < -0.4 is 0 Å². The number of hydrogen-bond acceptors (Lipinski definition) is 2. The van der Waals surface area contributed by atoms with E-state index in [1.807, 2.05) is 23.3 Å². The van der Waals surface area contributed by atoms with Crippen LogP contribution in [0.2, 0.25) is 0 Å². The summed E-state index contributed by atoms with van der Waals surface area (Å²) in [5.74, 6) is 0.234. The Bertz CT molecular complexity index is 378. The molecular formula is C14H24N3O. The summed E-state index contributed by atoms with van der Waals surface area (Å²) in [5.41, 5.74) is 2.08. The first-order valence-corrected chi connectivity index (χ1v) is 6.79. The van der Waals surface area contributed by atoms with E-state index in [-0.39, 0.29) is 5.91 Å². The molecule has 1 rings (SSSR count). The summed E-state index contributed by atoms with van der Waals surface area (Å²) in [7, 11) is 0. The third kappa shape index (κ3) is 3.86. The molecule has 0 saturated heterocycles. The van der Waals surface area contributed by atoms with Gasteiger partial charge in [-0.25, -0.2) is 4.98 Å². The van der Waals surface area contributed by atoms with Crippen LogP contribution in [0.15, 0.2) is 0 Å². The van der Waals surface area contributed by atoms with Gasteiger partial charge in [0, 0.05) is 31.7 Å². The molecule has 0 atom stereocenters. The van der Waals surface area contributed by atoms with Gasteiger partial charge in [-0.05, 0) is 26.7 Å². The van der Waals surface area contributed by atoms with Gasteiger partial charge in [0.2, 0.25) is 5.91 Å². The molecule has 0 saturated carbocycles. The summed E-state index contributed by atoms with van der Waals surface area (Å²) in [6.07, 6.45) is 5.49. The second kappa shape index (κ2) is 7.19. The Balaban J connectivity index is 2.51. The van der Waals surface area contributed by atoms with Gasteiger partial charge in [0.25, 0.3) is 0 Å². The van der Waals surface area contributed by atoms with Crippen LogP contribution in [-0.2, 0) is 11.3 Å². The smallest absolute Gasteiger partial charge is 0.224 e. The molecule has 0 fully saturated rings. The molecule has 0 aliphatic carbocycles. The van der Waals surface area contributed by atoms with E-state index in [1.54, 1.807) is 0 Å². The highest BCUT2D eigenvalue weighted by Crippen LogP contribution is 2.06. The second-order valence-corrected chi connectivity index (χ2v) is 4.67. The highest BCUT2D eigenvalue weighted by molar-refractivity contribution is 5.76. The minimum Gasteiger partial charge on any atom is -0.343 e. The van der Waals surface area contributed by atoms with Crippen molar-refractivity contribution in [1.82, 2.24) is 14.5 Å². The quantitative estimate of drug-likeness (QED) is 0.745. The average Bonchev–Trinajstić information content (AvgIpc) is 2.67. The largest absolute Gasteiger partial charge is 0.343 e. The maximum Gasteiger partial charge on any atom is 0.224 e. The molecule has 0 unspecified atom stereocenters. The number of imidazole rings is 1. The van der Waals surface area contributed by atoms with Crippen molar-refractivity contribution < 1.29 is 4.79 Å². The molecule has 4 nitrogen and oxygen atoms in total. The van der Waals surface area contributed by atoms with E-state index in [4.69, 9.17) is 0 Å². The lowest BCUT2D eigenvalue weighted by Gasteiger charge is -2.21. The Hall–Kier alpha value is -1.32. The second-order valence-electron chi connectivity index (χ2n) is 4.67. The van der Waals surface area contributed by atoms with Crippen LogP contribution in [0.25, 0.3) is 0 Å². The first kappa shape index (κ1) is 14.7. The fourth-order valence-electron chi connectivity index (χ4n) is 1.97. The lowest BCUT2D eigenvalue weighted by molar-refractivity contribution is -0.131. The summed E-state index contributed by atoms with van der Waals surface area (Å²) in [5, 5.41) is 0. The number of carbonyl (C=O) groups is 1. The standard InChI is InChI=1S/C14H24N3O/c1-5-8-16(9-6-2)14(18)7-10-17-11-15-12(3)13(17)4/h5-10H2,1-4H3. The third-order valence-corrected chi connectivity index (χ3v) is 3.16. The molecule has 0 spiro atoms. The number of hydrogen-bond donors (Lipinski definition) is 0. The molecule has 1 amide bonds. The molecule has 0 aromatic carbocycles. The van der Waals surface area contributed by atoms with E-state index in [2.05, 4.69) is 25.2 Å². The van der Waals surface area contributed by atoms with E-state index < -0.39 is 0 Å². The maximum atomic E-state index is 12.1. The Morgan fingerprint density at radius 3 is 2.33 bits per heavy atom. The predicted molar refractivity (Wildman–Crippen MR) is 72.3 cm³/mol. The molecule has 1 aromatic rings. The number of aryl methyl sites for hydroxylation is 2. The van der Waals surface area contributed by atoms with Crippen LogP contribution in [0.5, 0.6) is 0 Å². The topological polar surface area (TPSA) is 38.1 Å². The Labute approximate surface area is 110 Å². The monoisotopic (exact) mass is 250 g/mol. The van der Waals surface area contributed by atoms with Crippen LogP contribution >= 0.6 is 0 Å². The van der Waals surface area contributed by atoms with Crippen molar-refractivity contribution >= 4 is 5.91 Å². The number of aromatic nitrogens is 2. The van der Waals surface area contributed by atoms with Gasteiger partial charge in [-0.2, -0.15) is 0 Å². The number of carbonyl (C=O) groups excluding carboxylic acids is 1. The van der Waals surface area contributed by atoms with Gasteiger partial charge >= 0.3 is 0 Å². The van der Waals surface area contributed by atoms with Crippen molar-refractivity contribution in [3.63, 3.8) is 0 Å². The maximum absolute atomic E-state index is 12.1. The number of rotatable bonds is 7. The van der Waals surface area contributed by atoms with Gasteiger partial charge in [-0.1, -0.05) is 13.8 Å². The van der Waals surface area contributed by atoms with E-state index in [1.165, 1.54) is 0 Å². The zero-order valence-corrected chi connectivity index (χ0v) is 12.0. The zero-order valence-electron chi connectivity index (χ0n) is 12.0. The van der Waals surface area contributed by atoms with E-state index in [0.29, 0.717) is 13.0 Å². The molecule has 1 radical (unpaired) electrons. The lowest BCUT2D eigenvalue weighted by atomic mass is 10.3. The van der Waals surface area contributed by atoms with Crippen LogP contribution in [0.3, 0.4) is 0 Å². The van der Waals surface area contributed by atoms with Crippen molar-refractivity contribution in [3.05, 3.63) is 17.7 Å². The molecule has 1 heterocycles. The van der Waals surface area contributed by atoms with E-state index in [0.717, 1.165) is 37.3 Å². The van der Waals surface area contributed by atoms with Gasteiger partial charge in [0.1, 0.15) is 0 Å². The highest BCUT2D eigenvalue weighted by Gasteiger charge is 2.12. The molecule has 0 N–H and O–H groups in total. The molecule has 18 heavy (non-hydrogen) atoms. The minimum absolute atomic E-state index is 0.234. The van der Waals surface area contributed by atoms with Crippen molar-refractivity contribution in [2.75, 3.05) is 13.1 Å². The predicted octanol–water partition coefficient (Wildman–Crippen LogP) is 2.34. The molecule has 0 aliphatic rings. The van der Waals surface area contributed by atoms with Gasteiger partial charge < -0.3 is 9.47 Å². The Morgan fingerprint density at radius 2 is 1.89 bits per heavy atom. The van der Waals surface area contributed by atoms with Crippen molar-refractivity contribution in [2.45, 2.75) is 53.5 Å². The molecule has 1 aromatic heterocycles. The summed E-state index contributed by atoms with van der Waals surface area (Å²) in [6, 6.07) is 0. The van der Waals surface area contributed by atoms with Crippen molar-refractivity contribution in [2.24, 2.45) is 0 Å².